The van der Waals surface area contributed by atoms with Gasteiger partial charge in [0.25, 0.3) is 0 Å². The van der Waals surface area contributed by atoms with E-state index in [-0.39, 0.29) is 5.97 Å². The van der Waals surface area contributed by atoms with Crippen molar-refractivity contribution < 1.29 is 39.1 Å². The number of aliphatic hydroxyl groups excluding tert-OH is 3. The van der Waals surface area contributed by atoms with Crippen molar-refractivity contribution in [3.8, 4) is 0 Å². The topological polar surface area (TPSA) is 135 Å². The molecule has 0 spiro atoms. The smallest absolute Gasteiger partial charge is 0.305 e. The predicted molar refractivity (Wildman–Crippen MR) is 91.0 cm³/mol. The number of unbranched alkanes of at least 4 members (excludes halogenated alkanes) is 5. The first kappa shape index (κ1) is 22.8. The van der Waals surface area contributed by atoms with E-state index in [2.05, 4.69) is 10.1 Å². The first-order chi connectivity index (χ1) is 12.5. The zero-order valence-electron chi connectivity index (χ0n) is 15.2. The Kier molecular flexibility index (Phi) is 11.4. The van der Waals surface area contributed by atoms with E-state index in [0.29, 0.717) is 19.4 Å². The number of hydrogen-bond acceptors (Lipinski definition) is 8. The molecule has 1 amide bonds. The molecule has 3 unspecified atom stereocenters. The Bertz CT molecular complexity index is 408. The number of carbonyl (C=O) groups excluding carboxylic acids is 2. The zero-order chi connectivity index (χ0) is 19.4. The summed E-state index contributed by atoms with van der Waals surface area (Å²) in [6.07, 6.45) is 1.89. The molecule has 0 bridgehead atoms. The van der Waals surface area contributed by atoms with Crippen molar-refractivity contribution in [3.05, 3.63) is 0 Å². The number of esters is 1. The summed E-state index contributed by atoms with van der Waals surface area (Å²) >= 11 is 0. The lowest BCUT2D eigenvalue weighted by molar-refractivity contribution is -0.269. The van der Waals surface area contributed by atoms with Gasteiger partial charge in [-0.25, -0.2) is 0 Å². The molecule has 5 atom stereocenters. The molecular weight excluding hydrogens is 346 g/mol. The van der Waals surface area contributed by atoms with E-state index in [1.807, 2.05) is 0 Å². The predicted octanol–water partition coefficient (Wildman–Crippen LogP) is -0.540. The summed E-state index contributed by atoms with van der Waals surface area (Å²) in [7, 11) is 1.38. The third kappa shape index (κ3) is 7.55. The second-order valence-electron chi connectivity index (χ2n) is 6.34. The Morgan fingerprint density at radius 1 is 1.12 bits per heavy atom. The maximum Gasteiger partial charge on any atom is 0.305 e. The van der Waals surface area contributed by atoms with Crippen molar-refractivity contribution in [3.63, 3.8) is 0 Å². The normalized spacial score (nSPS) is 28.5. The molecule has 0 radical (unpaired) electrons. The van der Waals surface area contributed by atoms with Crippen molar-refractivity contribution in [1.82, 2.24) is 5.32 Å². The Hall–Kier alpha value is -1.26. The number of ether oxygens (including phenoxy) is 3. The van der Waals surface area contributed by atoms with E-state index < -0.39 is 37.3 Å². The van der Waals surface area contributed by atoms with Crippen LogP contribution < -0.4 is 5.32 Å². The Balaban J connectivity index is 2.21. The fourth-order valence-corrected chi connectivity index (χ4v) is 2.86. The molecular formula is C17H31NO8. The molecule has 1 heterocycles. The van der Waals surface area contributed by atoms with Gasteiger partial charge < -0.3 is 34.8 Å². The van der Waals surface area contributed by atoms with Crippen LogP contribution in [0, 0.1) is 0 Å². The van der Waals surface area contributed by atoms with Gasteiger partial charge in [0.1, 0.15) is 24.4 Å². The van der Waals surface area contributed by atoms with Crippen molar-refractivity contribution in [2.45, 2.75) is 75.6 Å². The minimum atomic E-state index is -1.30. The van der Waals surface area contributed by atoms with Crippen molar-refractivity contribution >= 4 is 12.4 Å². The Morgan fingerprint density at radius 3 is 2.38 bits per heavy atom. The molecule has 26 heavy (non-hydrogen) atoms. The van der Waals surface area contributed by atoms with Gasteiger partial charge in [-0.1, -0.05) is 25.7 Å². The van der Waals surface area contributed by atoms with E-state index >= 15 is 0 Å². The summed E-state index contributed by atoms with van der Waals surface area (Å²) in [5, 5.41) is 31.5. The third-order valence-electron chi connectivity index (χ3n) is 4.43. The van der Waals surface area contributed by atoms with Gasteiger partial charge >= 0.3 is 5.97 Å². The van der Waals surface area contributed by atoms with Crippen molar-refractivity contribution in [2.75, 3.05) is 20.3 Å². The van der Waals surface area contributed by atoms with E-state index in [1.165, 1.54) is 7.11 Å². The summed E-state index contributed by atoms with van der Waals surface area (Å²) in [4.78, 5) is 21.7. The van der Waals surface area contributed by atoms with Crippen LogP contribution in [0.1, 0.15) is 44.9 Å². The van der Waals surface area contributed by atoms with Gasteiger partial charge in [-0.05, 0) is 12.8 Å². The van der Waals surface area contributed by atoms with Crippen molar-refractivity contribution in [1.29, 1.82) is 0 Å². The van der Waals surface area contributed by atoms with Crippen LogP contribution in [0.4, 0.5) is 0 Å². The van der Waals surface area contributed by atoms with Gasteiger partial charge in [0.2, 0.25) is 6.41 Å². The second kappa shape index (κ2) is 13.0. The molecule has 0 aromatic heterocycles. The molecule has 4 N–H and O–H groups in total. The number of carbonyl (C=O) groups is 2. The van der Waals surface area contributed by atoms with Crippen LogP contribution in [-0.2, 0) is 23.8 Å². The number of nitrogens with one attached hydrogen (secondary N) is 1. The first-order valence-corrected chi connectivity index (χ1v) is 9.05. The quantitative estimate of drug-likeness (QED) is 0.191. The van der Waals surface area contributed by atoms with Crippen LogP contribution in [-0.4, -0.2) is 78.7 Å². The Labute approximate surface area is 153 Å². The van der Waals surface area contributed by atoms with Gasteiger partial charge in [-0.15, -0.1) is 0 Å². The molecule has 1 fully saturated rings. The lowest BCUT2D eigenvalue weighted by Crippen LogP contribution is -2.63. The monoisotopic (exact) mass is 377 g/mol. The molecule has 1 rings (SSSR count). The molecule has 1 saturated heterocycles. The Morgan fingerprint density at radius 2 is 1.77 bits per heavy atom. The minimum absolute atomic E-state index is 0.183. The van der Waals surface area contributed by atoms with E-state index in [9.17, 15) is 24.9 Å². The fraction of sp³-hybridized carbons (Fsp3) is 0.882. The summed E-state index contributed by atoms with van der Waals surface area (Å²) < 4.78 is 15.6. The molecule has 9 nitrogen and oxygen atoms in total. The van der Waals surface area contributed by atoms with Gasteiger partial charge in [0.15, 0.2) is 6.29 Å². The van der Waals surface area contributed by atoms with Gasteiger partial charge in [-0.2, -0.15) is 0 Å². The summed E-state index contributed by atoms with van der Waals surface area (Å²) in [6.45, 7) is -0.0949. The molecule has 9 heteroatoms. The maximum atomic E-state index is 11.0. The highest BCUT2D eigenvalue weighted by Crippen LogP contribution is 2.22. The van der Waals surface area contributed by atoms with Crippen LogP contribution in [0.3, 0.4) is 0 Å². The van der Waals surface area contributed by atoms with Crippen LogP contribution in [0.15, 0.2) is 0 Å². The molecule has 152 valence electrons. The number of methoxy groups -OCH3 is 1. The average Bonchev–Trinajstić information content (AvgIpc) is 2.65. The molecule has 0 aromatic rings. The maximum absolute atomic E-state index is 11.0. The lowest BCUT2D eigenvalue weighted by atomic mass is 9.97. The van der Waals surface area contributed by atoms with Crippen LogP contribution >= 0.6 is 0 Å². The van der Waals surface area contributed by atoms with Gasteiger partial charge in [0, 0.05) is 13.0 Å². The number of hydrogen-bond donors (Lipinski definition) is 4. The van der Waals surface area contributed by atoms with Crippen LogP contribution in [0.25, 0.3) is 0 Å². The molecule has 1 aliphatic heterocycles. The molecule has 1 aliphatic rings. The molecule has 0 saturated carbocycles. The molecule has 0 aliphatic carbocycles. The van der Waals surface area contributed by atoms with Gasteiger partial charge in [-0.3, -0.25) is 9.59 Å². The van der Waals surface area contributed by atoms with Gasteiger partial charge in [0.05, 0.1) is 13.7 Å². The summed E-state index contributed by atoms with van der Waals surface area (Å²) in [6, 6.07) is -0.899. The summed E-state index contributed by atoms with van der Waals surface area (Å²) in [5.41, 5.74) is 0. The lowest BCUT2D eigenvalue weighted by Gasteiger charge is -2.41. The number of aliphatic hydroxyl groups is 3. The SMILES string of the molecule is COC(=O)CCCCCCCCO[C@@H]1OC(CO)[C@@H](O)C(O)C1NC=O. The van der Waals surface area contributed by atoms with Crippen LogP contribution in [0.2, 0.25) is 0 Å². The van der Waals surface area contributed by atoms with E-state index in [0.717, 1.165) is 38.5 Å². The zero-order valence-corrected chi connectivity index (χ0v) is 15.2. The largest absolute Gasteiger partial charge is 0.469 e. The third-order valence-corrected chi connectivity index (χ3v) is 4.43. The minimum Gasteiger partial charge on any atom is -0.469 e. The highest BCUT2D eigenvalue weighted by atomic mass is 16.7. The van der Waals surface area contributed by atoms with Crippen LogP contribution in [0.5, 0.6) is 0 Å². The number of rotatable bonds is 13. The molecule has 0 aromatic carbocycles. The second-order valence-corrected chi connectivity index (χ2v) is 6.34. The first-order valence-electron chi connectivity index (χ1n) is 9.05. The fourth-order valence-electron chi connectivity index (χ4n) is 2.86. The standard InChI is InChI=1S/C17H31NO8/c1-24-13(21)8-6-4-2-3-5-7-9-25-17-14(18-11-20)16(23)15(22)12(10-19)26-17/h11-12,14-17,19,22-23H,2-10H2,1H3,(H,18,20)/t12?,14?,15-,16?,17-/m1/s1. The van der Waals surface area contributed by atoms with E-state index in [1.54, 1.807) is 0 Å². The number of amides is 1. The average molecular weight is 377 g/mol. The highest BCUT2D eigenvalue weighted by Gasteiger charge is 2.44. The highest BCUT2D eigenvalue weighted by molar-refractivity contribution is 5.68. The van der Waals surface area contributed by atoms with E-state index in [4.69, 9.17) is 9.47 Å². The summed E-state index contributed by atoms with van der Waals surface area (Å²) in [5.74, 6) is -0.183. The van der Waals surface area contributed by atoms with Crippen molar-refractivity contribution in [2.24, 2.45) is 0 Å².